The molecule has 0 bridgehead atoms. The summed E-state index contributed by atoms with van der Waals surface area (Å²) in [7, 11) is 0. The number of hydrogen-bond acceptors (Lipinski definition) is 5. The van der Waals surface area contributed by atoms with E-state index < -0.39 is 0 Å². The highest BCUT2D eigenvalue weighted by atomic mass is 16.5. The molecule has 7 nitrogen and oxygen atoms in total. The molecule has 0 aliphatic carbocycles. The third-order valence-electron chi connectivity index (χ3n) is 6.41. The van der Waals surface area contributed by atoms with E-state index in [1.54, 1.807) is 0 Å². The van der Waals surface area contributed by atoms with Crippen LogP contribution in [0.5, 0.6) is 0 Å². The number of hydrogen-bond donors (Lipinski definition) is 1. The molecule has 2 saturated heterocycles. The molecule has 30 heavy (non-hydrogen) atoms. The van der Waals surface area contributed by atoms with Crippen molar-refractivity contribution >= 4 is 23.1 Å². The predicted molar refractivity (Wildman–Crippen MR) is 115 cm³/mol. The smallest absolute Gasteiger partial charge is 0.228 e. The molecular formula is C23H25N5O2. The second-order valence-corrected chi connectivity index (χ2v) is 9.96. The van der Waals surface area contributed by atoms with Crippen LogP contribution >= 0.6 is 0 Å². The van der Waals surface area contributed by atoms with Gasteiger partial charge in [0, 0.05) is 36.0 Å². The maximum Gasteiger partial charge on any atom is 0.228 e. The van der Waals surface area contributed by atoms with Crippen LogP contribution in [-0.4, -0.2) is 46.8 Å². The standard InChI is InChI=1S/C23H25N5O2/c1-22(2,3)20-19(14-4-5-16-15(8-14)9-18(29)25-16)17-6-7-24-21(28(17)26-20)27-10-23(11-27)12-30-13-23/h4-8H,9-13H2,1-3H3,(H,25,29). The first-order valence-electron chi connectivity index (χ1n) is 10.5. The molecule has 0 unspecified atom stereocenters. The minimum atomic E-state index is -0.135. The second kappa shape index (κ2) is 5.82. The fourth-order valence-electron chi connectivity index (χ4n) is 4.85. The average molecular weight is 403 g/mol. The van der Waals surface area contributed by atoms with Crippen LogP contribution in [0.25, 0.3) is 16.6 Å². The summed E-state index contributed by atoms with van der Waals surface area (Å²) in [5, 5.41) is 7.99. The van der Waals surface area contributed by atoms with Crippen molar-refractivity contribution in [1.82, 2.24) is 14.6 Å². The van der Waals surface area contributed by atoms with Gasteiger partial charge >= 0.3 is 0 Å². The summed E-state index contributed by atoms with van der Waals surface area (Å²) in [6.45, 7) is 10.2. The summed E-state index contributed by atoms with van der Waals surface area (Å²) in [5.74, 6) is 0.941. The molecule has 1 spiro atoms. The Morgan fingerprint density at radius 1 is 1.17 bits per heavy atom. The van der Waals surface area contributed by atoms with Crippen molar-refractivity contribution < 1.29 is 9.53 Å². The number of aromatic nitrogens is 3. The second-order valence-electron chi connectivity index (χ2n) is 9.96. The molecule has 0 saturated carbocycles. The van der Waals surface area contributed by atoms with E-state index in [4.69, 9.17) is 9.84 Å². The first kappa shape index (κ1) is 17.9. The van der Waals surface area contributed by atoms with Crippen LogP contribution in [-0.2, 0) is 21.4 Å². The van der Waals surface area contributed by atoms with Gasteiger partial charge in [0.15, 0.2) is 0 Å². The molecule has 3 aliphatic rings. The van der Waals surface area contributed by atoms with Crippen LogP contribution in [0.15, 0.2) is 30.5 Å². The van der Waals surface area contributed by atoms with E-state index in [2.05, 4.69) is 48.1 Å². The molecular weight excluding hydrogens is 378 g/mol. The van der Waals surface area contributed by atoms with E-state index in [1.165, 1.54) is 0 Å². The molecule has 3 aliphatic heterocycles. The molecule has 2 aromatic heterocycles. The molecule has 0 atom stereocenters. The van der Waals surface area contributed by atoms with Gasteiger partial charge in [-0.3, -0.25) is 4.79 Å². The summed E-state index contributed by atoms with van der Waals surface area (Å²) < 4.78 is 7.42. The Kier molecular flexibility index (Phi) is 3.47. The Morgan fingerprint density at radius 3 is 2.67 bits per heavy atom. The van der Waals surface area contributed by atoms with E-state index in [-0.39, 0.29) is 11.3 Å². The molecule has 1 N–H and O–H groups in total. The van der Waals surface area contributed by atoms with Crippen molar-refractivity contribution in [3.05, 3.63) is 41.7 Å². The largest absolute Gasteiger partial charge is 0.380 e. The van der Waals surface area contributed by atoms with Crippen molar-refractivity contribution in [2.75, 3.05) is 36.5 Å². The topological polar surface area (TPSA) is 71.8 Å². The highest BCUT2D eigenvalue weighted by molar-refractivity contribution is 6.00. The van der Waals surface area contributed by atoms with E-state index >= 15 is 0 Å². The minimum absolute atomic E-state index is 0.0521. The molecule has 154 valence electrons. The lowest BCUT2D eigenvalue weighted by Crippen LogP contribution is -2.66. The number of fused-ring (bicyclic) bond motifs is 2. The summed E-state index contributed by atoms with van der Waals surface area (Å²) in [4.78, 5) is 18.8. The SMILES string of the molecule is CC(C)(C)c1nn2c(N3CC4(COC4)C3)nccc2c1-c1ccc2c(c1)CC(=O)N2. The maximum atomic E-state index is 11.8. The zero-order chi connectivity index (χ0) is 20.7. The fourth-order valence-corrected chi connectivity index (χ4v) is 4.85. The third-order valence-corrected chi connectivity index (χ3v) is 6.41. The van der Waals surface area contributed by atoms with Gasteiger partial charge in [-0.25, -0.2) is 4.98 Å². The van der Waals surface area contributed by atoms with Crippen molar-refractivity contribution in [3.8, 4) is 11.1 Å². The van der Waals surface area contributed by atoms with E-state index in [0.29, 0.717) is 11.8 Å². The number of carbonyl (C=O) groups is 1. The molecule has 5 heterocycles. The molecule has 7 heteroatoms. The lowest BCUT2D eigenvalue weighted by atomic mass is 9.78. The Hall–Kier alpha value is -2.93. The number of nitrogens with one attached hydrogen (secondary N) is 1. The first-order valence-corrected chi connectivity index (χ1v) is 10.5. The lowest BCUT2D eigenvalue weighted by molar-refractivity contribution is -0.127. The Balaban J connectivity index is 1.51. The van der Waals surface area contributed by atoms with Crippen LogP contribution < -0.4 is 10.2 Å². The maximum absolute atomic E-state index is 11.8. The van der Waals surface area contributed by atoms with Gasteiger partial charge in [-0.2, -0.15) is 9.61 Å². The Bertz CT molecular complexity index is 1190. The first-order chi connectivity index (χ1) is 14.3. The number of benzene rings is 1. The highest BCUT2D eigenvalue weighted by Gasteiger charge is 2.50. The third kappa shape index (κ3) is 2.51. The molecule has 1 amide bonds. The molecule has 2 fully saturated rings. The van der Waals surface area contributed by atoms with E-state index in [0.717, 1.165) is 65.8 Å². The van der Waals surface area contributed by atoms with Crippen LogP contribution in [0, 0.1) is 5.41 Å². The Labute approximate surface area is 175 Å². The van der Waals surface area contributed by atoms with Gasteiger partial charge in [-0.15, -0.1) is 0 Å². The van der Waals surface area contributed by atoms with Crippen LogP contribution in [0.4, 0.5) is 11.6 Å². The summed E-state index contributed by atoms with van der Waals surface area (Å²) in [5.41, 5.74) is 6.43. The number of ether oxygens (including phenoxy) is 1. The predicted octanol–water partition coefficient (Wildman–Crippen LogP) is 3.03. The van der Waals surface area contributed by atoms with Gasteiger partial charge in [0.2, 0.25) is 11.9 Å². The normalized spacial score (nSPS) is 19.6. The highest BCUT2D eigenvalue weighted by Crippen LogP contribution is 2.42. The van der Waals surface area contributed by atoms with Gasteiger partial charge in [0.25, 0.3) is 0 Å². The zero-order valence-corrected chi connectivity index (χ0v) is 17.5. The lowest BCUT2D eigenvalue weighted by Gasteiger charge is -2.55. The van der Waals surface area contributed by atoms with Crippen molar-refractivity contribution in [1.29, 1.82) is 0 Å². The molecule has 6 rings (SSSR count). The average Bonchev–Trinajstić information content (AvgIpc) is 3.18. The Morgan fingerprint density at radius 2 is 1.97 bits per heavy atom. The van der Waals surface area contributed by atoms with Gasteiger partial charge in [-0.1, -0.05) is 26.8 Å². The van der Waals surface area contributed by atoms with Gasteiger partial charge in [0.1, 0.15) is 0 Å². The van der Waals surface area contributed by atoms with E-state index in [1.807, 2.05) is 22.8 Å². The number of amides is 1. The fraction of sp³-hybridized carbons (Fsp3) is 0.435. The van der Waals surface area contributed by atoms with Crippen LogP contribution in [0.3, 0.4) is 0 Å². The molecule has 0 radical (unpaired) electrons. The summed E-state index contributed by atoms with van der Waals surface area (Å²) >= 11 is 0. The molecule has 3 aromatic rings. The van der Waals surface area contributed by atoms with Crippen LogP contribution in [0.1, 0.15) is 32.0 Å². The number of rotatable bonds is 2. The number of anilines is 2. The number of carbonyl (C=O) groups excluding carboxylic acids is 1. The van der Waals surface area contributed by atoms with Crippen molar-refractivity contribution in [3.63, 3.8) is 0 Å². The van der Waals surface area contributed by atoms with Crippen LogP contribution in [0.2, 0.25) is 0 Å². The summed E-state index contributed by atoms with van der Waals surface area (Å²) in [6.07, 6.45) is 2.31. The summed E-state index contributed by atoms with van der Waals surface area (Å²) in [6, 6.07) is 8.26. The quantitative estimate of drug-likeness (QED) is 0.712. The minimum Gasteiger partial charge on any atom is -0.380 e. The van der Waals surface area contributed by atoms with E-state index in [9.17, 15) is 4.79 Å². The van der Waals surface area contributed by atoms with Crippen molar-refractivity contribution in [2.24, 2.45) is 5.41 Å². The zero-order valence-electron chi connectivity index (χ0n) is 17.5. The van der Waals surface area contributed by atoms with Gasteiger partial charge < -0.3 is 15.0 Å². The van der Waals surface area contributed by atoms with Crippen molar-refractivity contribution in [2.45, 2.75) is 32.6 Å². The molecule has 1 aromatic carbocycles. The number of nitrogens with zero attached hydrogens (tertiary/aromatic N) is 4. The van der Waals surface area contributed by atoms with Gasteiger partial charge in [0.05, 0.1) is 36.3 Å². The monoisotopic (exact) mass is 403 g/mol. The van der Waals surface area contributed by atoms with Gasteiger partial charge in [-0.05, 0) is 29.3 Å².